The number of halogens is 1. The van der Waals surface area contributed by atoms with Crippen LogP contribution in [0.15, 0.2) is 53.5 Å². The molecule has 2 aromatic rings. The van der Waals surface area contributed by atoms with Crippen molar-refractivity contribution in [2.24, 2.45) is 4.99 Å². The predicted molar refractivity (Wildman–Crippen MR) is 117 cm³/mol. The number of rotatable bonds is 9. The third-order valence-electron chi connectivity index (χ3n) is 4.58. The van der Waals surface area contributed by atoms with Gasteiger partial charge in [-0.25, -0.2) is 17.8 Å². The van der Waals surface area contributed by atoms with Crippen LogP contribution in [-0.2, 0) is 22.1 Å². The number of nitrogens with zero attached hydrogens (tertiary/aromatic N) is 1. The van der Waals surface area contributed by atoms with Crippen molar-refractivity contribution in [1.29, 1.82) is 0 Å². The molecule has 0 saturated heterocycles. The smallest absolute Gasteiger partial charge is 0.191 e. The van der Waals surface area contributed by atoms with Gasteiger partial charge in [-0.3, -0.25) is 0 Å². The van der Waals surface area contributed by atoms with Gasteiger partial charge in [-0.05, 0) is 48.1 Å². The summed E-state index contributed by atoms with van der Waals surface area (Å²) >= 11 is 0. The van der Waals surface area contributed by atoms with Gasteiger partial charge in [0.05, 0.1) is 12.3 Å². The summed E-state index contributed by atoms with van der Waals surface area (Å²) in [5.41, 5.74) is 2.44. The van der Waals surface area contributed by atoms with E-state index >= 15 is 0 Å². The van der Waals surface area contributed by atoms with Crippen LogP contribution in [0.4, 0.5) is 4.39 Å². The third kappa shape index (κ3) is 8.23. The Hall–Kier alpha value is -2.41. The van der Waals surface area contributed by atoms with Crippen molar-refractivity contribution in [2.45, 2.75) is 38.5 Å². The first-order valence-corrected chi connectivity index (χ1v) is 11.9. The van der Waals surface area contributed by atoms with Crippen molar-refractivity contribution in [3.05, 3.63) is 71.0 Å². The molecule has 0 aliphatic rings. The molecule has 5 nitrogen and oxygen atoms in total. The van der Waals surface area contributed by atoms with Gasteiger partial charge in [0.15, 0.2) is 15.8 Å². The average molecular weight is 420 g/mol. The molecule has 0 aromatic heterocycles. The highest BCUT2D eigenvalue weighted by Crippen LogP contribution is 2.18. The molecular weight excluding hydrogens is 389 g/mol. The van der Waals surface area contributed by atoms with E-state index in [9.17, 15) is 12.8 Å². The molecule has 0 amide bonds. The molecule has 2 rings (SSSR count). The number of nitrogens with one attached hydrogen (secondary N) is 2. The quantitative estimate of drug-likeness (QED) is 0.481. The van der Waals surface area contributed by atoms with Crippen LogP contribution in [0.2, 0.25) is 0 Å². The zero-order valence-corrected chi connectivity index (χ0v) is 18.1. The van der Waals surface area contributed by atoms with Crippen molar-refractivity contribution >= 4 is 15.8 Å². The topological polar surface area (TPSA) is 70.6 Å². The van der Waals surface area contributed by atoms with Crippen LogP contribution in [0.5, 0.6) is 0 Å². The number of benzene rings is 2. The molecule has 0 saturated carbocycles. The zero-order chi connectivity index (χ0) is 21.3. The Bertz CT molecular complexity index is 915. The summed E-state index contributed by atoms with van der Waals surface area (Å²) in [6.07, 6.45) is 2.11. The highest BCUT2D eigenvalue weighted by Gasteiger charge is 2.11. The molecule has 0 aliphatic carbocycles. The number of sulfone groups is 1. The SMILES string of the molecule is CCNC(=NCc1cc(F)ccc1CS(C)(=O)=O)NCCC(C)c1ccccc1. The second kappa shape index (κ2) is 11.0. The largest absolute Gasteiger partial charge is 0.357 e. The molecule has 2 N–H and O–H groups in total. The van der Waals surface area contributed by atoms with E-state index in [0.717, 1.165) is 13.0 Å². The standard InChI is InChI=1S/C22H30FN3O2S/c1-4-24-22(25-13-12-17(2)18-8-6-5-7-9-18)26-15-20-14-21(23)11-10-19(20)16-29(3,27)28/h5-11,14,17H,4,12-13,15-16H2,1-3H3,(H2,24,25,26). The fourth-order valence-corrected chi connectivity index (χ4v) is 3.87. The molecule has 1 unspecified atom stereocenters. The monoisotopic (exact) mass is 419 g/mol. The van der Waals surface area contributed by atoms with Crippen LogP contribution in [-0.4, -0.2) is 33.7 Å². The van der Waals surface area contributed by atoms with Crippen molar-refractivity contribution < 1.29 is 12.8 Å². The van der Waals surface area contributed by atoms with Crippen molar-refractivity contribution in [2.75, 3.05) is 19.3 Å². The maximum atomic E-state index is 13.7. The van der Waals surface area contributed by atoms with Gasteiger partial charge in [0.25, 0.3) is 0 Å². The van der Waals surface area contributed by atoms with Crippen LogP contribution >= 0.6 is 0 Å². The molecule has 0 fully saturated rings. The van der Waals surface area contributed by atoms with Crippen molar-refractivity contribution in [1.82, 2.24) is 10.6 Å². The van der Waals surface area contributed by atoms with Crippen molar-refractivity contribution in [3.8, 4) is 0 Å². The minimum Gasteiger partial charge on any atom is -0.357 e. The highest BCUT2D eigenvalue weighted by atomic mass is 32.2. The van der Waals surface area contributed by atoms with Crippen LogP contribution in [0, 0.1) is 5.82 Å². The van der Waals surface area contributed by atoms with E-state index in [-0.39, 0.29) is 12.3 Å². The Morgan fingerprint density at radius 2 is 1.83 bits per heavy atom. The van der Waals surface area contributed by atoms with Crippen molar-refractivity contribution in [3.63, 3.8) is 0 Å². The Morgan fingerprint density at radius 3 is 2.48 bits per heavy atom. The average Bonchev–Trinajstić information content (AvgIpc) is 2.67. The lowest BCUT2D eigenvalue weighted by molar-refractivity contribution is 0.600. The van der Waals surface area contributed by atoms with Gasteiger partial charge in [0, 0.05) is 19.3 Å². The maximum Gasteiger partial charge on any atom is 0.191 e. The minimum absolute atomic E-state index is 0.128. The maximum absolute atomic E-state index is 13.7. The molecule has 1 atom stereocenters. The van der Waals surface area contributed by atoms with Gasteiger partial charge in [-0.15, -0.1) is 0 Å². The summed E-state index contributed by atoms with van der Waals surface area (Å²) in [5.74, 6) is 0.511. The van der Waals surface area contributed by atoms with E-state index in [0.29, 0.717) is 29.5 Å². The first-order valence-electron chi connectivity index (χ1n) is 9.80. The lowest BCUT2D eigenvalue weighted by atomic mass is 9.98. The molecule has 0 spiro atoms. The van der Waals surface area contributed by atoms with E-state index in [1.807, 2.05) is 25.1 Å². The Balaban J connectivity index is 2.02. The number of aliphatic imine (C=N–C) groups is 1. The normalized spacial score (nSPS) is 13.2. The summed E-state index contributed by atoms with van der Waals surface area (Å²) in [6.45, 7) is 5.79. The van der Waals surface area contributed by atoms with Crippen LogP contribution in [0.1, 0.15) is 42.9 Å². The zero-order valence-electron chi connectivity index (χ0n) is 17.3. The minimum atomic E-state index is -3.21. The molecule has 158 valence electrons. The van der Waals surface area contributed by atoms with E-state index in [1.54, 1.807) is 0 Å². The van der Waals surface area contributed by atoms with Gasteiger partial charge in [-0.2, -0.15) is 0 Å². The lowest BCUT2D eigenvalue weighted by Crippen LogP contribution is -2.38. The molecule has 0 aliphatic heterocycles. The predicted octanol–water partition coefficient (Wildman–Crippen LogP) is 3.62. The number of hydrogen-bond donors (Lipinski definition) is 2. The van der Waals surface area contributed by atoms with Gasteiger partial charge < -0.3 is 10.6 Å². The second-order valence-electron chi connectivity index (χ2n) is 7.21. The molecule has 7 heteroatoms. The Labute approximate surface area is 173 Å². The van der Waals surface area contributed by atoms with Gasteiger partial charge in [0.1, 0.15) is 5.82 Å². The molecule has 0 bridgehead atoms. The molecular formula is C22H30FN3O2S. The van der Waals surface area contributed by atoms with Crippen LogP contribution in [0.25, 0.3) is 0 Å². The molecule has 0 radical (unpaired) electrons. The van der Waals surface area contributed by atoms with E-state index in [2.05, 4.69) is 34.7 Å². The van der Waals surface area contributed by atoms with Gasteiger partial charge in [0.2, 0.25) is 0 Å². The van der Waals surface area contributed by atoms with E-state index < -0.39 is 15.7 Å². The fraction of sp³-hybridized carbons (Fsp3) is 0.409. The lowest BCUT2D eigenvalue weighted by Gasteiger charge is -2.15. The number of guanidine groups is 1. The van der Waals surface area contributed by atoms with Gasteiger partial charge >= 0.3 is 0 Å². The highest BCUT2D eigenvalue weighted by molar-refractivity contribution is 7.89. The van der Waals surface area contributed by atoms with Crippen LogP contribution < -0.4 is 10.6 Å². The van der Waals surface area contributed by atoms with Crippen LogP contribution in [0.3, 0.4) is 0 Å². The first-order chi connectivity index (χ1) is 13.8. The molecule has 0 heterocycles. The fourth-order valence-electron chi connectivity index (χ4n) is 3.03. The molecule has 29 heavy (non-hydrogen) atoms. The van der Waals surface area contributed by atoms with E-state index in [4.69, 9.17) is 0 Å². The third-order valence-corrected chi connectivity index (χ3v) is 5.41. The Morgan fingerprint density at radius 1 is 1.10 bits per heavy atom. The summed E-state index contributed by atoms with van der Waals surface area (Å²) in [7, 11) is -3.21. The summed E-state index contributed by atoms with van der Waals surface area (Å²) in [5, 5.41) is 6.48. The van der Waals surface area contributed by atoms with Gasteiger partial charge in [-0.1, -0.05) is 43.3 Å². The van der Waals surface area contributed by atoms with E-state index in [1.165, 1.54) is 30.0 Å². The number of hydrogen-bond acceptors (Lipinski definition) is 3. The summed E-state index contributed by atoms with van der Waals surface area (Å²) < 4.78 is 37.0. The molecule has 2 aromatic carbocycles. The first kappa shape index (κ1) is 22.9. The summed E-state index contributed by atoms with van der Waals surface area (Å²) in [4.78, 5) is 4.52. The Kier molecular flexibility index (Phi) is 8.64. The second-order valence-corrected chi connectivity index (χ2v) is 9.35. The summed E-state index contributed by atoms with van der Waals surface area (Å²) in [6, 6.07) is 14.5.